The van der Waals surface area contributed by atoms with Gasteiger partial charge in [-0.15, -0.1) is 0 Å². The van der Waals surface area contributed by atoms with Crippen molar-refractivity contribution in [2.24, 2.45) is 0 Å². The molecule has 2 amide bonds. The standard InChI is InChI=1S/C13H26N2O5/c1-5-11(2)15(10-12(16)17)13(18)14(6-8-19-3)7-9-20-4/h11H,5-10H2,1-4H3,(H,16,17). The molecule has 0 aromatic heterocycles. The van der Waals surface area contributed by atoms with Gasteiger partial charge in [-0.25, -0.2) is 4.79 Å². The van der Waals surface area contributed by atoms with Gasteiger partial charge in [-0.05, 0) is 13.3 Å². The van der Waals surface area contributed by atoms with E-state index in [4.69, 9.17) is 14.6 Å². The van der Waals surface area contributed by atoms with Crippen molar-refractivity contribution in [1.29, 1.82) is 0 Å². The van der Waals surface area contributed by atoms with E-state index in [0.717, 1.165) is 0 Å². The minimum atomic E-state index is -1.02. The Morgan fingerprint density at radius 2 is 1.65 bits per heavy atom. The van der Waals surface area contributed by atoms with Crippen LogP contribution in [0.2, 0.25) is 0 Å². The Labute approximate surface area is 120 Å². The van der Waals surface area contributed by atoms with Gasteiger partial charge >= 0.3 is 12.0 Å². The first-order valence-corrected chi connectivity index (χ1v) is 6.73. The van der Waals surface area contributed by atoms with E-state index in [2.05, 4.69) is 0 Å². The predicted molar refractivity (Wildman–Crippen MR) is 74.8 cm³/mol. The van der Waals surface area contributed by atoms with Crippen LogP contribution in [0.1, 0.15) is 20.3 Å². The van der Waals surface area contributed by atoms with E-state index in [0.29, 0.717) is 32.7 Å². The van der Waals surface area contributed by atoms with Crippen molar-refractivity contribution < 1.29 is 24.2 Å². The summed E-state index contributed by atoms with van der Waals surface area (Å²) in [6.45, 7) is 5.07. The highest BCUT2D eigenvalue weighted by atomic mass is 16.5. The molecule has 0 saturated carbocycles. The van der Waals surface area contributed by atoms with Crippen LogP contribution in [0.4, 0.5) is 4.79 Å². The van der Waals surface area contributed by atoms with Gasteiger partial charge in [0.2, 0.25) is 0 Å². The van der Waals surface area contributed by atoms with Crippen molar-refractivity contribution in [2.45, 2.75) is 26.3 Å². The third kappa shape index (κ3) is 6.72. The summed E-state index contributed by atoms with van der Waals surface area (Å²) in [5, 5.41) is 8.95. The molecule has 0 aromatic carbocycles. The lowest BCUT2D eigenvalue weighted by Crippen LogP contribution is -2.50. The van der Waals surface area contributed by atoms with Gasteiger partial charge in [-0.3, -0.25) is 4.79 Å². The fraction of sp³-hybridized carbons (Fsp3) is 0.846. The van der Waals surface area contributed by atoms with Gasteiger partial charge in [0.15, 0.2) is 0 Å². The molecule has 0 bridgehead atoms. The molecule has 0 aromatic rings. The molecule has 1 atom stereocenters. The zero-order valence-corrected chi connectivity index (χ0v) is 12.8. The van der Waals surface area contributed by atoms with E-state index in [-0.39, 0.29) is 18.6 Å². The van der Waals surface area contributed by atoms with Crippen LogP contribution in [0, 0.1) is 0 Å². The lowest BCUT2D eigenvalue weighted by molar-refractivity contribution is -0.138. The fourth-order valence-electron chi connectivity index (χ4n) is 1.67. The second-order valence-corrected chi connectivity index (χ2v) is 4.53. The number of ether oxygens (including phenoxy) is 2. The van der Waals surface area contributed by atoms with Crippen molar-refractivity contribution >= 4 is 12.0 Å². The number of carbonyl (C=O) groups excluding carboxylic acids is 1. The SMILES string of the molecule is CCC(C)N(CC(=O)O)C(=O)N(CCOC)CCOC. The van der Waals surface area contributed by atoms with Crippen molar-refractivity contribution in [3.05, 3.63) is 0 Å². The van der Waals surface area contributed by atoms with E-state index in [9.17, 15) is 9.59 Å². The van der Waals surface area contributed by atoms with Crippen molar-refractivity contribution in [3.8, 4) is 0 Å². The largest absolute Gasteiger partial charge is 0.480 e. The van der Waals surface area contributed by atoms with Gasteiger partial charge in [-0.1, -0.05) is 6.92 Å². The number of hydrogen-bond acceptors (Lipinski definition) is 4. The minimum Gasteiger partial charge on any atom is -0.480 e. The summed E-state index contributed by atoms with van der Waals surface area (Å²) in [7, 11) is 3.12. The molecule has 0 radical (unpaired) electrons. The maximum Gasteiger partial charge on any atom is 0.323 e. The maximum absolute atomic E-state index is 12.5. The average molecular weight is 290 g/mol. The zero-order chi connectivity index (χ0) is 15.5. The Kier molecular flexibility index (Phi) is 9.75. The van der Waals surface area contributed by atoms with Crippen LogP contribution in [-0.4, -0.2) is 80.0 Å². The number of amides is 2. The topological polar surface area (TPSA) is 79.3 Å². The van der Waals surface area contributed by atoms with Crippen LogP contribution in [0.25, 0.3) is 0 Å². The summed E-state index contributed by atoms with van der Waals surface area (Å²) < 4.78 is 9.96. The average Bonchev–Trinajstić information content (AvgIpc) is 2.43. The third-order valence-corrected chi connectivity index (χ3v) is 3.08. The Morgan fingerprint density at radius 1 is 1.15 bits per heavy atom. The smallest absolute Gasteiger partial charge is 0.323 e. The monoisotopic (exact) mass is 290 g/mol. The Hall–Kier alpha value is -1.34. The zero-order valence-electron chi connectivity index (χ0n) is 12.8. The molecule has 0 heterocycles. The van der Waals surface area contributed by atoms with Crippen LogP contribution in [-0.2, 0) is 14.3 Å². The van der Waals surface area contributed by atoms with Crippen molar-refractivity contribution in [3.63, 3.8) is 0 Å². The molecule has 0 fully saturated rings. The second-order valence-electron chi connectivity index (χ2n) is 4.53. The van der Waals surface area contributed by atoms with Crippen molar-refractivity contribution in [1.82, 2.24) is 9.80 Å². The van der Waals surface area contributed by atoms with E-state index >= 15 is 0 Å². The number of methoxy groups -OCH3 is 2. The van der Waals surface area contributed by atoms with E-state index in [1.807, 2.05) is 13.8 Å². The molecule has 1 unspecified atom stereocenters. The second kappa shape index (κ2) is 10.4. The first kappa shape index (κ1) is 18.7. The first-order valence-electron chi connectivity index (χ1n) is 6.73. The number of carboxylic acid groups (broad SMARTS) is 1. The van der Waals surface area contributed by atoms with Gasteiger partial charge < -0.3 is 24.4 Å². The summed E-state index contributed by atoms with van der Waals surface area (Å²) in [4.78, 5) is 26.3. The number of urea groups is 1. The first-order chi connectivity index (χ1) is 9.47. The van der Waals surface area contributed by atoms with Crippen LogP contribution < -0.4 is 0 Å². The highest BCUT2D eigenvalue weighted by Crippen LogP contribution is 2.08. The lowest BCUT2D eigenvalue weighted by Gasteiger charge is -2.33. The normalized spacial score (nSPS) is 12.0. The van der Waals surface area contributed by atoms with Gasteiger partial charge in [0, 0.05) is 33.4 Å². The molecular formula is C13H26N2O5. The summed E-state index contributed by atoms with van der Waals surface area (Å²) in [6, 6.07) is -0.429. The quantitative estimate of drug-likeness (QED) is 0.646. The molecule has 118 valence electrons. The number of hydrogen-bond donors (Lipinski definition) is 1. The summed E-state index contributed by atoms with van der Waals surface area (Å²) in [5.74, 6) is -1.02. The molecular weight excluding hydrogens is 264 g/mol. The van der Waals surface area contributed by atoms with Gasteiger partial charge in [0.25, 0.3) is 0 Å². The molecule has 0 aliphatic heterocycles. The lowest BCUT2D eigenvalue weighted by atomic mass is 10.2. The number of carbonyl (C=O) groups is 2. The fourth-order valence-corrected chi connectivity index (χ4v) is 1.67. The highest BCUT2D eigenvalue weighted by molar-refractivity contribution is 5.80. The molecule has 0 saturated heterocycles. The molecule has 20 heavy (non-hydrogen) atoms. The predicted octanol–water partition coefficient (Wildman–Crippen LogP) is 0.886. The molecule has 1 N–H and O–H groups in total. The van der Waals surface area contributed by atoms with Gasteiger partial charge in [-0.2, -0.15) is 0 Å². The summed E-state index contributed by atoms with van der Waals surface area (Å²) in [5.41, 5.74) is 0. The number of carboxylic acids is 1. The van der Waals surface area contributed by atoms with Crippen LogP contribution in [0.15, 0.2) is 0 Å². The van der Waals surface area contributed by atoms with E-state index in [1.54, 1.807) is 19.1 Å². The van der Waals surface area contributed by atoms with Crippen molar-refractivity contribution in [2.75, 3.05) is 47.1 Å². The van der Waals surface area contributed by atoms with Crippen LogP contribution >= 0.6 is 0 Å². The summed E-state index contributed by atoms with van der Waals surface area (Å²) >= 11 is 0. The third-order valence-electron chi connectivity index (χ3n) is 3.08. The Bertz CT molecular complexity index is 290. The molecule has 0 spiro atoms. The minimum absolute atomic E-state index is 0.133. The number of aliphatic carboxylic acids is 1. The molecule has 7 nitrogen and oxygen atoms in total. The van der Waals surface area contributed by atoms with Crippen LogP contribution in [0.5, 0.6) is 0 Å². The van der Waals surface area contributed by atoms with Gasteiger partial charge in [0.1, 0.15) is 6.54 Å². The highest BCUT2D eigenvalue weighted by Gasteiger charge is 2.26. The van der Waals surface area contributed by atoms with E-state index in [1.165, 1.54) is 4.90 Å². The molecule has 0 rings (SSSR count). The summed E-state index contributed by atoms with van der Waals surface area (Å²) in [6.07, 6.45) is 0.696. The Balaban J connectivity index is 4.86. The number of rotatable bonds is 10. The maximum atomic E-state index is 12.5. The van der Waals surface area contributed by atoms with E-state index < -0.39 is 5.97 Å². The van der Waals surface area contributed by atoms with Gasteiger partial charge in [0.05, 0.1) is 13.2 Å². The molecule has 0 aliphatic carbocycles. The Morgan fingerprint density at radius 3 is 2.00 bits per heavy atom. The van der Waals surface area contributed by atoms with Crippen LogP contribution in [0.3, 0.4) is 0 Å². The number of nitrogens with zero attached hydrogens (tertiary/aromatic N) is 2. The molecule has 7 heteroatoms. The molecule has 0 aliphatic rings.